The van der Waals surface area contributed by atoms with E-state index in [1.807, 2.05) is 12.1 Å². The van der Waals surface area contributed by atoms with E-state index in [0.717, 1.165) is 16.0 Å². The van der Waals surface area contributed by atoms with Crippen molar-refractivity contribution in [3.05, 3.63) is 34.9 Å². The van der Waals surface area contributed by atoms with Gasteiger partial charge < -0.3 is 5.73 Å². The minimum atomic E-state index is 0.451. The molecule has 1 fully saturated rings. The zero-order chi connectivity index (χ0) is 11.4. The van der Waals surface area contributed by atoms with E-state index in [2.05, 4.69) is 23.9 Å². The van der Waals surface area contributed by atoms with Gasteiger partial charge in [-0.15, -0.1) is 0 Å². The zero-order valence-corrected chi connectivity index (χ0v) is 10.9. The number of thioether (sulfide) groups is 1. The quantitative estimate of drug-likeness (QED) is 0.888. The Kier molecular flexibility index (Phi) is 4.56. The van der Waals surface area contributed by atoms with E-state index in [0.29, 0.717) is 6.04 Å². The molecule has 0 unspecified atom stereocenters. The second-order valence-electron chi connectivity index (χ2n) is 4.47. The van der Waals surface area contributed by atoms with Crippen molar-refractivity contribution in [3.8, 4) is 0 Å². The molecule has 2 N–H and O–H groups in total. The first-order valence-electron chi connectivity index (χ1n) is 5.85. The lowest BCUT2D eigenvalue weighted by Crippen LogP contribution is -2.27. The second-order valence-corrected chi connectivity index (χ2v) is 6.20. The lowest BCUT2D eigenvalue weighted by Gasteiger charge is -2.25. The molecule has 3 heteroatoms. The molecule has 2 rings (SSSR count). The molecule has 0 aromatic heterocycles. The standard InChI is InChI=1S/C13H18ClNS/c14-11-3-1-10(2-4-11)9-16-13-7-5-12(15)6-8-13/h1-4,12-13H,5-9,15H2. The van der Waals surface area contributed by atoms with Crippen LogP contribution in [0.3, 0.4) is 0 Å². The molecule has 88 valence electrons. The number of halogens is 1. The van der Waals surface area contributed by atoms with Crippen molar-refractivity contribution >= 4 is 23.4 Å². The molecule has 0 heterocycles. The maximum atomic E-state index is 5.90. The molecule has 1 aliphatic carbocycles. The number of rotatable bonds is 3. The van der Waals surface area contributed by atoms with Gasteiger partial charge in [0.1, 0.15) is 0 Å². The normalized spacial score (nSPS) is 25.6. The molecule has 0 bridgehead atoms. The molecule has 0 atom stereocenters. The van der Waals surface area contributed by atoms with Crippen LogP contribution in [0.25, 0.3) is 0 Å². The van der Waals surface area contributed by atoms with Crippen LogP contribution in [0, 0.1) is 0 Å². The Balaban J connectivity index is 1.77. The van der Waals surface area contributed by atoms with Gasteiger partial charge in [-0.3, -0.25) is 0 Å². The predicted molar refractivity (Wildman–Crippen MR) is 73.0 cm³/mol. The lowest BCUT2D eigenvalue weighted by atomic mass is 9.96. The molecule has 16 heavy (non-hydrogen) atoms. The molecule has 0 amide bonds. The highest BCUT2D eigenvalue weighted by molar-refractivity contribution is 7.99. The number of nitrogens with two attached hydrogens (primary N) is 1. The van der Waals surface area contributed by atoms with Gasteiger partial charge >= 0.3 is 0 Å². The van der Waals surface area contributed by atoms with Crippen molar-refractivity contribution in [2.24, 2.45) is 5.73 Å². The number of hydrogen-bond acceptors (Lipinski definition) is 2. The Hall–Kier alpha value is -0.180. The average Bonchev–Trinajstić information content (AvgIpc) is 2.30. The van der Waals surface area contributed by atoms with Crippen molar-refractivity contribution in [3.63, 3.8) is 0 Å². The molecule has 0 spiro atoms. The summed E-state index contributed by atoms with van der Waals surface area (Å²) >= 11 is 7.92. The minimum Gasteiger partial charge on any atom is -0.328 e. The third-order valence-electron chi connectivity index (χ3n) is 3.12. The highest BCUT2D eigenvalue weighted by atomic mass is 35.5. The smallest absolute Gasteiger partial charge is 0.0406 e. The Bertz CT molecular complexity index is 317. The Morgan fingerprint density at radius 2 is 1.75 bits per heavy atom. The van der Waals surface area contributed by atoms with E-state index in [1.54, 1.807) is 0 Å². The largest absolute Gasteiger partial charge is 0.328 e. The van der Waals surface area contributed by atoms with Gasteiger partial charge in [-0.25, -0.2) is 0 Å². The molecule has 1 aliphatic rings. The molecule has 1 saturated carbocycles. The van der Waals surface area contributed by atoms with Gasteiger partial charge in [0, 0.05) is 22.1 Å². The zero-order valence-electron chi connectivity index (χ0n) is 9.36. The van der Waals surface area contributed by atoms with Crippen LogP contribution in [0.4, 0.5) is 0 Å². The number of benzene rings is 1. The van der Waals surface area contributed by atoms with E-state index in [1.165, 1.54) is 31.2 Å². The van der Waals surface area contributed by atoms with E-state index < -0.39 is 0 Å². The van der Waals surface area contributed by atoms with E-state index in [-0.39, 0.29) is 0 Å². The van der Waals surface area contributed by atoms with Gasteiger partial charge in [0.25, 0.3) is 0 Å². The molecule has 0 radical (unpaired) electrons. The van der Waals surface area contributed by atoms with Gasteiger partial charge in [-0.05, 0) is 43.4 Å². The average molecular weight is 256 g/mol. The summed E-state index contributed by atoms with van der Waals surface area (Å²) in [5.41, 5.74) is 7.26. The molecule has 1 nitrogen and oxygen atoms in total. The molecular formula is C13H18ClNS. The summed E-state index contributed by atoms with van der Waals surface area (Å²) in [5, 5.41) is 1.62. The predicted octanol–water partition coefficient (Wildman–Crippen LogP) is 3.84. The molecular weight excluding hydrogens is 238 g/mol. The van der Waals surface area contributed by atoms with Gasteiger partial charge in [-0.2, -0.15) is 11.8 Å². The van der Waals surface area contributed by atoms with Crippen LogP contribution in [-0.2, 0) is 5.75 Å². The molecule has 0 aliphatic heterocycles. The fourth-order valence-electron chi connectivity index (χ4n) is 2.05. The van der Waals surface area contributed by atoms with Crippen molar-refractivity contribution in [2.45, 2.75) is 42.7 Å². The summed E-state index contributed by atoms with van der Waals surface area (Å²) in [6.07, 6.45) is 4.94. The molecule has 0 saturated heterocycles. The van der Waals surface area contributed by atoms with Crippen LogP contribution >= 0.6 is 23.4 Å². The van der Waals surface area contributed by atoms with Crippen molar-refractivity contribution in [2.75, 3.05) is 0 Å². The summed E-state index contributed by atoms with van der Waals surface area (Å²) < 4.78 is 0. The van der Waals surface area contributed by atoms with Crippen LogP contribution in [0.5, 0.6) is 0 Å². The van der Waals surface area contributed by atoms with Crippen molar-refractivity contribution in [1.29, 1.82) is 0 Å². The van der Waals surface area contributed by atoms with Gasteiger partial charge in [0.05, 0.1) is 0 Å². The Morgan fingerprint density at radius 3 is 2.38 bits per heavy atom. The van der Waals surface area contributed by atoms with Gasteiger partial charge in [0.15, 0.2) is 0 Å². The second kappa shape index (κ2) is 5.95. The van der Waals surface area contributed by atoms with E-state index in [9.17, 15) is 0 Å². The van der Waals surface area contributed by atoms with Gasteiger partial charge in [-0.1, -0.05) is 23.7 Å². The molecule has 1 aromatic rings. The first kappa shape index (κ1) is 12.3. The summed E-state index contributed by atoms with van der Waals surface area (Å²) in [7, 11) is 0. The Labute approximate surface area is 107 Å². The van der Waals surface area contributed by atoms with E-state index in [4.69, 9.17) is 17.3 Å². The van der Waals surface area contributed by atoms with Crippen LogP contribution in [0.2, 0.25) is 5.02 Å². The van der Waals surface area contributed by atoms with Gasteiger partial charge in [0.2, 0.25) is 0 Å². The third kappa shape index (κ3) is 3.69. The van der Waals surface area contributed by atoms with Crippen LogP contribution in [0.1, 0.15) is 31.2 Å². The third-order valence-corrected chi connectivity index (χ3v) is 4.81. The highest BCUT2D eigenvalue weighted by Crippen LogP contribution is 2.30. The monoisotopic (exact) mass is 255 g/mol. The topological polar surface area (TPSA) is 26.0 Å². The summed E-state index contributed by atoms with van der Waals surface area (Å²) in [4.78, 5) is 0. The van der Waals surface area contributed by atoms with Crippen molar-refractivity contribution in [1.82, 2.24) is 0 Å². The summed E-state index contributed by atoms with van der Waals surface area (Å²) in [6, 6.07) is 8.61. The van der Waals surface area contributed by atoms with Crippen LogP contribution < -0.4 is 5.73 Å². The number of hydrogen-bond donors (Lipinski definition) is 1. The maximum absolute atomic E-state index is 5.90. The summed E-state index contributed by atoms with van der Waals surface area (Å²) in [6.45, 7) is 0. The fraction of sp³-hybridized carbons (Fsp3) is 0.538. The maximum Gasteiger partial charge on any atom is 0.0406 e. The molecule has 1 aromatic carbocycles. The first-order chi connectivity index (χ1) is 7.74. The van der Waals surface area contributed by atoms with Crippen molar-refractivity contribution < 1.29 is 0 Å². The van der Waals surface area contributed by atoms with Crippen LogP contribution in [0.15, 0.2) is 24.3 Å². The van der Waals surface area contributed by atoms with E-state index >= 15 is 0 Å². The van der Waals surface area contributed by atoms with Crippen LogP contribution in [-0.4, -0.2) is 11.3 Å². The SMILES string of the molecule is NC1CCC(SCc2ccc(Cl)cc2)CC1. The lowest BCUT2D eigenvalue weighted by molar-refractivity contribution is 0.450. The fourth-order valence-corrected chi connectivity index (χ4v) is 3.40. The minimum absolute atomic E-state index is 0.451. The highest BCUT2D eigenvalue weighted by Gasteiger charge is 2.18. The summed E-state index contributed by atoms with van der Waals surface area (Å²) in [5.74, 6) is 1.09. The first-order valence-corrected chi connectivity index (χ1v) is 7.28. The Morgan fingerprint density at radius 1 is 1.12 bits per heavy atom.